The zero-order chi connectivity index (χ0) is 14.2. The molecule has 1 aliphatic rings. The lowest BCUT2D eigenvalue weighted by atomic mass is 10.0. The highest BCUT2D eigenvalue weighted by atomic mass is 16.6. The number of piperidine rings is 1. The molecule has 5 nitrogen and oxygen atoms in total. The van der Waals surface area contributed by atoms with Crippen molar-refractivity contribution in [2.75, 3.05) is 13.2 Å². The predicted octanol–water partition coefficient (Wildman–Crippen LogP) is 1.39. The van der Waals surface area contributed by atoms with Crippen LogP contribution in [-0.4, -0.2) is 31.2 Å². The van der Waals surface area contributed by atoms with Crippen LogP contribution >= 0.6 is 0 Å². The Kier molecular flexibility index (Phi) is 5.98. The maximum Gasteiger partial charge on any atom is 0.323 e. The van der Waals surface area contributed by atoms with Crippen LogP contribution in [0, 0.1) is 0 Å². The summed E-state index contributed by atoms with van der Waals surface area (Å²) in [5.74, 6) is -0.156. The largest absolute Gasteiger partial charge is 0.465 e. The van der Waals surface area contributed by atoms with E-state index < -0.39 is 0 Å². The second-order valence-corrected chi connectivity index (χ2v) is 4.88. The number of nitrogens with one attached hydrogen (secondary N) is 2. The highest BCUT2D eigenvalue weighted by molar-refractivity contribution is 5.75. The zero-order valence-electron chi connectivity index (χ0n) is 11.8. The summed E-state index contributed by atoms with van der Waals surface area (Å²) in [5, 5.41) is 3.19. The van der Waals surface area contributed by atoms with Gasteiger partial charge in [-0.05, 0) is 25.3 Å². The molecule has 2 atom stereocenters. The van der Waals surface area contributed by atoms with Crippen LogP contribution in [0.5, 0.6) is 0 Å². The fourth-order valence-electron chi connectivity index (χ4n) is 2.22. The minimum absolute atomic E-state index is 0.156. The summed E-state index contributed by atoms with van der Waals surface area (Å²) in [6.07, 6.45) is 1.66. The summed E-state index contributed by atoms with van der Waals surface area (Å²) < 4.78 is 5.00. The molecule has 0 radical (unpaired) electrons. The number of hydrogen-bond acceptors (Lipinski definition) is 5. The van der Waals surface area contributed by atoms with Gasteiger partial charge in [-0.15, -0.1) is 0 Å². The van der Waals surface area contributed by atoms with E-state index in [2.05, 4.69) is 10.8 Å². The number of carbonyl (C=O) groups is 1. The Morgan fingerprint density at radius 1 is 1.35 bits per heavy atom. The topological polar surface area (TPSA) is 59.6 Å². The summed E-state index contributed by atoms with van der Waals surface area (Å²) in [4.78, 5) is 17.1. The number of carbonyl (C=O) groups excluding carboxylic acids is 1. The van der Waals surface area contributed by atoms with Gasteiger partial charge in [-0.3, -0.25) is 9.63 Å². The van der Waals surface area contributed by atoms with Crippen molar-refractivity contribution < 1.29 is 14.4 Å². The van der Waals surface area contributed by atoms with Gasteiger partial charge in [0.15, 0.2) is 0 Å². The third kappa shape index (κ3) is 4.59. The number of esters is 1. The maximum atomic E-state index is 11.6. The van der Waals surface area contributed by atoms with Gasteiger partial charge in [-0.2, -0.15) is 5.48 Å². The normalized spacial score (nSPS) is 22.4. The van der Waals surface area contributed by atoms with Crippen LogP contribution in [0.1, 0.15) is 25.3 Å². The second-order valence-electron chi connectivity index (χ2n) is 4.88. The van der Waals surface area contributed by atoms with Gasteiger partial charge in [0.2, 0.25) is 0 Å². The standard InChI is InChI=1S/C15H22N2O3/c1-2-19-15(18)14-9-8-13(10-16-14)17-20-11-12-6-4-3-5-7-12/h3-7,13-14,16-17H,2,8-11H2,1H3/t13?,14-/m1/s1. The highest BCUT2D eigenvalue weighted by Gasteiger charge is 2.26. The van der Waals surface area contributed by atoms with Gasteiger partial charge >= 0.3 is 5.97 Å². The molecule has 2 rings (SSSR count). The third-order valence-electron chi connectivity index (χ3n) is 3.32. The summed E-state index contributed by atoms with van der Waals surface area (Å²) >= 11 is 0. The van der Waals surface area contributed by atoms with E-state index in [9.17, 15) is 4.79 Å². The molecule has 110 valence electrons. The fraction of sp³-hybridized carbons (Fsp3) is 0.533. The molecule has 5 heteroatoms. The minimum Gasteiger partial charge on any atom is -0.465 e. The number of hydrogen-bond donors (Lipinski definition) is 2. The lowest BCUT2D eigenvalue weighted by molar-refractivity contribution is -0.146. The van der Waals surface area contributed by atoms with E-state index in [4.69, 9.17) is 9.57 Å². The SMILES string of the molecule is CCOC(=O)[C@H]1CCC(NOCc2ccccc2)CN1. The monoisotopic (exact) mass is 278 g/mol. The average molecular weight is 278 g/mol. The van der Waals surface area contributed by atoms with Crippen LogP contribution in [0.4, 0.5) is 0 Å². The first kappa shape index (κ1) is 15.0. The van der Waals surface area contributed by atoms with Crippen LogP contribution in [-0.2, 0) is 21.0 Å². The van der Waals surface area contributed by atoms with Crippen LogP contribution in [0.3, 0.4) is 0 Å². The van der Waals surface area contributed by atoms with Gasteiger partial charge in [0, 0.05) is 12.6 Å². The Hall–Kier alpha value is -1.43. The molecule has 1 unspecified atom stereocenters. The molecule has 1 heterocycles. The lowest BCUT2D eigenvalue weighted by Crippen LogP contribution is -2.51. The molecule has 0 spiro atoms. The van der Waals surface area contributed by atoms with Gasteiger partial charge in [-0.1, -0.05) is 30.3 Å². The molecule has 1 fully saturated rings. The van der Waals surface area contributed by atoms with Crippen molar-refractivity contribution >= 4 is 5.97 Å². The Morgan fingerprint density at radius 2 is 2.15 bits per heavy atom. The fourth-order valence-corrected chi connectivity index (χ4v) is 2.22. The summed E-state index contributed by atoms with van der Waals surface area (Å²) in [6.45, 7) is 3.50. The Balaban J connectivity index is 1.63. The van der Waals surface area contributed by atoms with E-state index in [0.29, 0.717) is 19.8 Å². The first-order valence-electron chi connectivity index (χ1n) is 7.11. The van der Waals surface area contributed by atoms with Crippen LogP contribution < -0.4 is 10.8 Å². The molecule has 1 aromatic rings. The Labute approximate surface area is 119 Å². The molecule has 0 bridgehead atoms. The number of hydroxylamine groups is 1. The van der Waals surface area contributed by atoms with Crippen LogP contribution in [0.2, 0.25) is 0 Å². The Morgan fingerprint density at radius 3 is 2.80 bits per heavy atom. The van der Waals surface area contributed by atoms with E-state index >= 15 is 0 Å². The molecular weight excluding hydrogens is 256 g/mol. The van der Waals surface area contributed by atoms with Crippen molar-refractivity contribution in [2.45, 2.75) is 38.5 Å². The van der Waals surface area contributed by atoms with E-state index in [-0.39, 0.29) is 18.1 Å². The lowest BCUT2D eigenvalue weighted by Gasteiger charge is -2.28. The maximum absolute atomic E-state index is 11.6. The number of rotatable bonds is 6. The predicted molar refractivity (Wildman–Crippen MR) is 75.8 cm³/mol. The van der Waals surface area contributed by atoms with Gasteiger partial charge < -0.3 is 10.1 Å². The van der Waals surface area contributed by atoms with Crippen molar-refractivity contribution in [1.29, 1.82) is 0 Å². The summed E-state index contributed by atoms with van der Waals surface area (Å²) in [5.41, 5.74) is 4.18. The van der Waals surface area contributed by atoms with Gasteiger partial charge in [0.1, 0.15) is 6.04 Å². The molecule has 0 aromatic heterocycles. The molecule has 1 aliphatic heterocycles. The molecular formula is C15H22N2O3. The van der Waals surface area contributed by atoms with Crippen molar-refractivity contribution in [2.24, 2.45) is 0 Å². The summed E-state index contributed by atoms with van der Waals surface area (Å²) in [6, 6.07) is 10.1. The first-order chi connectivity index (χ1) is 9.79. The van der Waals surface area contributed by atoms with Crippen LogP contribution in [0.15, 0.2) is 30.3 Å². The van der Waals surface area contributed by atoms with E-state index in [1.54, 1.807) is 0 Å². The van der Waals surface area contributed by atoms with E-state index in [1.807, 2.05) is 37.3 Å². The minimum atomic E-state index is -0.179. The number of ether oxygens (including phenoxy) is 1. The van der Waals surface area contributed by atoms with Crippen molar-refractivity contribution in [3.63, 3.8) is 0 Å². The van der Waals surface area contributed by atoms with E-state index in [0.717, 1.165) is 18.4 Å². The van der Waals surface area contributed by atoms with Crippen molar-refractivity contribution in [3.8, 4) is 0 Å². The summed E-state index contributed by atoms with van der Waals surface area (Å²) in [7, 11) is 0. The quantitative estimate of drug-likeness (QED) is 0.608. The molecule has 20 heavy (non-hydrogen) atoms. The Bertz CT molecular complexity index is 403. The number of benzene rings is 1. The molecule has 1 aromatic carbocycles. The molecule has 1 saturated heterocycles. The smallest absolute Gasteiger partial charge is 0.323 e. The average Bonchev–Trinajstić information content (AvgIpc) is 2.49. The zero-order valence-corrected chi connectivity index (χ0v) is 11.8. The molecule has 0 amide bonds. The molecule has 2 N–H and O–H groups in total. The van der Waals surface area contributed by atoms with E-state index in [1.165, 1.54) is 0 Å². The highest BCUT2D eigenvalue weighted by Crippen LogP contribution is 2.10. The second kappa shape index (κ2) is 7.99. The van der Waals surface area contributed by atoms with Crippen molar-refractivity contribution in [3.05, 3.63) is 35.9 Å². The third-order valence-corrected chi connectivity index (χ3v) is 3.32. The van der Waals surface area contributed by atoms with Gasteiger partial charge in [0.25, 0.3) is 0 Å². The first-order valence-corrected chi connectivity index (χ1v) is 7.11. The van der Waals surface area contributed by atoms with Crippen LogP contribution in [0.25, 0.3) is 0 Å². The van der Waals surface area contributed by atoms with Gasteiger partial charge in [0.05, 0.1) is 13.2 Å². The van der Waals surface area contributed by atoms with Gasteiger partial charge in [-0.25, -0.2) is 0 Å². The molecule has 0 saturated carbocycles. The molecule has 0 aliphatic carbocycles. The van der Waals surface area contributed by atoms with Crippen molar-refractivity contribution in [1.82, 2.24) is 10.8 Å².